The Morgan fingerprint density at radius 3 is 2.62 bits per heavy atom. The zero-order valence-corrected chi connectivity index (χ0v) is 20.9. The van der Waals surface area contributed by atoms with E-state index in [0.717, 1.165) is 16.8 Å². The van der Waals surface area contributed by atoms with Crippen LogP contribution in [-0.4, -0.2) is 37.3 Å². The number of thioether (sulfide) groups is 1. The van der Waals surface area contributed by atoms with Crippen molar-refractivity contribution in [3.63, 3.8) is 0 Å². The molecule has 0 atom stereocenters. The number of hydrogen-bond donors (Lipinski definition) is 2. The summed E-state index contributed by atoms with van der Waals surface area (Å²) in [5.74, 6) is -0.302. The Balaban J connectivity index is 1.39. The lowest BCUT2D eigenvalue weighted by molar-refractivity contribution is -0.113. The summed E-state index contributed by atoms with van der Waals surface area (Å²) in [6, 6.07) is 11.1. The first-order chi connectivity index (χ1) is 16.3. The van der Waals surface area contributed by atoms with Crippen molar-refractivity contribution < 1.29 is 9.59 Å². The molecule has 10 heteroatoms. The number of benzene rings is 2. The molecule has 174 valence electrons. The van der Waals surface area contributed by atoms with Crippen LogP contribution in [0.2, 0.25) is 0 Å². The number of aromatic nitrogens is 4. The molecule has 0 aliphatic carbocycles. The van der Waals surface area contributed by atoms with E-state index in [0.29, 0.717) is 21.5 Å². The maximum absolute atomic E-state index is 12.8. The number of hydrogen-bond acceptors (Lipinski definition) is 7. The monoisotopic (exact) mass is 492 g/mol. The molecule has 4 aromatic rings. The average Bonchev–Trinajstić information content (AvgIpc) is 3.43. The van der Waals surface area contributed by atoms with Crippen LogP contribution in [0.5, 0.6) is 0 Å². The number of nitrogens with one attached hydrogen (secondary N) is 2. The third-order valence-corrected chi connectivity index (χ3v) is 7.04. The van der Waals surface area contributed by atoms with Crippen LogP contribution in [0.3, 0.4) is 0 Å². The van der Waals surface area contributed by atoms with Gasteiger partial charge in [-0.1, -0.05) is 23.9 Å². The van der Waals surface area contributed by atoms with E-state index in [2.05, 4.69) is 58.7 Å². The Morgan fingerprint density at radius 1 is 1.06 bits per heavy atom. The predicted molar refractivity (Wildman–Crippen MR) is 137 cm³/mol. The highest BCUT2D eigenvalue weighted by Crippen LogP contribution is 2.29. The van der Waals surface area contributed by atoms with Gasteiger partial charge in [0.05, 0.1) is 11.4 Å². The molecule has 0 saturated heterocycles. The zero-order chi connectivity index (χ0) is 24.2. The van der Waals surface area contributed by atoms with E-state index in [1.165, 1.54) is 34.2 Å². The Hall–Kier alpha value is -3.50. The molecule has 2 amide bonds. The summed E-state index contributed by atoms with van der Waals surface area (Å²) in [7, 11) is 1.82. The van der Waals surface area contributed by atoms with Gasteiger partial charge in [-0.2, -0.15) is 0 Å². The second-order valence-electron chi connectivity index (χ2n) is 7.89. The molecule has 0 unspecified atom stereocenters. The molecule has 2 heterocycles. The van der Waals surface area contributed by atoms with Crippen molar-refractivity contribution in [1.29, 1.82) is 0 Å². The maximum atomic E-state index is 12.8. The first kappa shape index (κ1) is 23.7. The SMILES string of the molecule is Cc1cc(C)c(-c2csc(NC(=O)c3cccc(NC(=O)CSc4nncn4C)c3)n2)cc1C. The summed E-state index contributed by atoms with van der Waals surface area (Å²) in [6.07, 6.45) is 1.58. The molecule has 0 bridgehead atoms. The van der Waals surface area contributed by atoms with E-state index in [9.17, 15) is 9.59 Å². The van der Waals surface area contributed by atoms with Gasteiger partial charge in [0.2, 0.25) is 5.91 Å². The molecule has 8 nitrogen and oxygen atoms in total. The number of amides is 2. The summed E-state index contributed by atoms with van der Waals surface area (Å²) >= 11 is 2.67. The summed E-state index contributed by atoms with van der Waals surface area (Å²) in [5.41, 5.74) is 6.45. The van der Waals surface area contributed by atoms with E-state index in [-0.39, 0.29) is 17.6 Å². The van der Waals surface area contributed by atoms with Gasteiger partial charge in [-0.05, 0) is 61.7 Å². The minimum Gasteiger partial charge on any atom is -0.325 e. The van der Waals surface area contributed by atoms with E-state index in [1.54, 1.807) is 35.2 Å². The Kier molecular flexibility index (Phi) is 7.09. The topological polar surface area (TPSA) is 102 Å². The quantitative estimate of drug-likeness (QED) is 0.358. The van der Waals surface area contributed by atoms with E-state index < -0.39 is 0 Å². The molecule has 4 rings (SSSR count). The van der Waals surface area contributed by atoms with Crippen molar-refractivity contribution in [3.8, 4) is 11.3 Å². The summed E-state index contributed by atoms with van der Waals surface area (Å²) in [5, 5.41) is 16.5. The molecular formula is C24H24N6O2S2. The highest BCUT2D eigenvalue weighted by atomic mass is 32.2. The third kappa shape index (κ3) is 5.52. The minimum absolute atomic E-state index is 0.183. The van der Waals surface area contributed by atoms with Gasteiger partial charge in [-0.3, -0.25) is 14.9 Å². The number of carbonyl (C=O) groups is 2. The van der Waals surface area contributed by atoms with Crippen molar-refractivity contribution in [3.05, 3.63) is 70.4 Å². The lowest BCUT2D eigenvalue weighted by atomic mass is 9.99. The smallest absolute Gasteiger partial charge is 0.257 e. The van der Waals surface area contributed by atoms with Crippen molar-refractivity contribution in [2.24, 2.45) is 7.05 Å². The molecule has 0 spiro atoms. The van der Waals surface area contributed by atoms with Crippen molar-refractivity contribution >= 4 is 45.7 Å². The molecule has 0 aliphatic heterocycles. The van der Waals surface area contributed by atoms with E-state index in [1.807, 2.05) is 12.4 Å². The average molecular weight is 493 g/mol. The number of rotatable bonds is 7. The van der Waals surface area contributed by atoms with Gasteiger partial charge in [-0.15, -0.1) is 21.5 Å². The van der Waals surface area contributed by atoms with Crippen LogP contribution in [0.15, 0.2) is 53.3 Å². The number of carbonyl (C=O) groups excluding carboxylic acids is 2. The Labute approximate surface area is 205 Å². The Morgan fingerprint density at radius 2 is 1.85 bits per heavy atom. The number of anilines is 2. The fourth-order valence-electron chi connectivity index (χ4n) is 3.33. The molecule has 2 aromatic heterocycles. The highest BCUT2D eigenvalue weighted by Gasteiger charge is 2.13. The molecule has 0 saturated carbocycles. The normalized spacial score (nSPS) is 10.8. The van der Waals surface area contributed by atoms with Crippen LogP contribution in [0.25, 0.3) is 11.3 Å². The van der Waals surface area contributed by atoms with Crippen molar-refractivity contribution in [2.45, 2.75) is 25.9 Å². The van der Waals surface area contributed by atoms with Crippen LogP contribution in [0, 0.1) is 20.8 Å². The third-order valence-electron chi connectivity index (χ3n) is 5.25. The van der Waals surface area contributed by atoms with Crippen LogP contribution in [0.1, 0.15) is 27.0 Å². The summed E-state index contributed by atoms with van der Waals surface area (Å²) in [6.45, 7) is 6.23. The number of nitrogens with zero attached hydrogens (tertiary/aromatic N) is 4. The van der Waals surface area contributed by atoms with Gasteiger partial charge in [0.25, 0.3) is 5.91 Å². The lowest BCUT2D eigenvalue weighted by Gasteiger charge is -2.08. The fraction of sp³-hybridized carbons (Fsp3) is 0.208. The van der Waals surface area contributed by atoms with Crippen LogP contribution < -0.4 is 10.6 Å². The van der Waals surface area contributed by atoms with Gasteiger partial charge in [0.1, 0.15) is 6.33 Å². The second kappa shape index (κ2) is 10.2. The molecule has 0 fully saturated rings. The zero-order valence-electron chi connectivity index (χ0n) is 19.2. The molecule has 0 aliphatic rings. The molecule has 0 radical (unpaired) electrons. The standard InChI is InChI=1S/C24H24N6O2S2/c1-14-8-16(3)19(9-15(14)2)20-11-33-23(27-20)28-22(32)17-6-5-7-18(10-17)26-21(31)12-34-24-29-25-13-30(24)4/h5-11,13H,12H2,1-4H3,(H,26,31)(H,27,28,32). The minimum atomic E-state index is -0.290. The fourth-order valence-corrected chi connectivity index (χ4v) is 4.72. The van der Waals surface area contributed by atoms with E-state index >= 15 is 0 Å². The second-order valence-corrected chi connectivity index (χ2v) is 9.69. The Bertz CT molecular complexity index is 1360. The molecule has 34 heavy (non-hydrogen) atoms. The van der Waals surface area contributed by atoms with Gasteiger partial charge < -0.3 is 9.88 Å². The van der Waals surface area contributed by atoms with Gasteiger partial charge in [-0.25, -0.2) is 4.98 Å². The predicted octanol–water partition coefficient (Wildman–Crippen LogP) is 4.85. The molecule has 2 aromatic carbocycles. The van der Waals surface area contributed by atoms with Crippen LogP contribution >= 0.6 is 23.1 Å². The number of thiazole rings is 1. The molecular weight excluding hydrogens is 468 g/mol. The van der Waals surface area contributed by atoms with Gasteiger partial charge in [0.15, 0.2) is 10.3 Å². The van der Waals surface area contributed by atoms with Crippen LogP contribution in [0.4, 0.5) is 10.8 Å². The lowest BCUT2D eigenvalue weighted by Crippen LogP contribution is -2.16. The highest BCUT2D eigenvalue weighted by molar-refractivity contribution is 7.99. The van der Waals surface area contributed by atoms with Gasteiger partial charge in [0, 0.05) is 29.2 Å². The first-order valence-electron chi connectivity index (χ1n) is 10.5. The van der Waals surface area contributed by atoms with Gasteiger partial charge >= 0.3 is 0 Å². The summed E-state index contributed by atoms with van der Waals surface area (Å²) < 4.78 is 1.74. The van der Waals surface area contributed by atoms with Crippen molar-refractivity contribution in [2.75, 3.05) is 16.4 Å². The maximum Gasteiger partial charge on any atom is 0.257 e. The number of aryl methyl sites for hydroxylation is 4. The first-order valence-corrected chi connectivity index (χ1v) is 12.4. The van der Waals surface area contributed by atoms with E-state index in [4.69, 9.17) is 0 Å². The largest absolute Gasteiger partial charge is 0.325 e. The summed E-state index contributed by atoms with van der Waals surface area (Å²) in [4.78, 5) is 29.7. The molecule has 2 N–H and O–H groups in total. The van der Waals surface area contributed by atoms with Crippen molar-refractivity contribution in [1.82, 2.24) is 19.7 Å². The van der Waals surface area contributed by atoms with Crippen LogP contribution in [-0.2, 0) is 11.8 Å².